The molecule has 0 amide bonds. The number of rotatable bonds is 8. The second kappa shape index (κ2) is 7.93. The van der Waals surface area contributed by atoms with Crippen molar-refractivity contribution in [1.82, 2.24) is 14.5 Å². The van der Waals surface area contributed by atoms with Gasteiger partial charge in [-0.25, -0.2) is 4.98 Å². The van der Waals surface area contributed by atoms with Crippen molar-refractivity contribution in [2.24, 2.45) is 11.8 Å². The average molecular weight is 370 g/mol. The highest BCUT2D eigenvalue weighted by Gasteiger charge is 2.27. The summed E-state index contributed by atoms with van der Waals surface area (Å²) < 4.78 is 13.5. The van der Waals surface area contributed by atoms with Gasteiger partial charge in [0.25, 0.3) is 0 Å². The Labute approximate surface area is 162 Å². The van der Waals surface area contributed by atoms with Gasteiger partial charge in [0.15, 0.2) is 11.5 Å². The molecule has 1 aromatic carbocycles. The molecule has 2 aromatic rings. The highest BCUT2D eigenvalue weighted by molar-refractivity contribution is 5.46. The molecule has 1 atom stereocenters. The van der Waals surface area contributed by atoms with Gasteiger partial charge in [-0.1, -0.05) is 12.1 Å². The van der Waals surface area contributed by atoms with Gasteiger partial charge in [-0.3, -0.25) is 4.90 Å². The molecule has 0 bridgehead atoms. The van der Waals surface area contributed by atoms with Gasteiger partial charge in [0, 0.05) is 43.5 Å². The summed E-state index contributed by atoms with van der Waals surface area (Å²) in [4.78, 5) is 7.26. The van der Waals surface area contributed by atoms with E-state index in [1.165, 1.54) is 42.9 Å². The fourth-order valence-electron chi connectivity index (χ4n) is 4.28. The molecule has 2 heterocycles. The molecule has 2 aliphatic rings. The maximum atomic E-state index is 5.60. The first-order chi connectivity index (χ1) is 13.2. The van der Waals surface area contributed by atoms with E-state index in [0.29, 0.717) is 5.92 Å². The van der Waals surface area contributed by atoms with E-state index in [2.05, 4.69) is 22.5 Å². The Hall–Kier alpha value is -2.01. The van der Waals surface area contributed by atoms with Gasteiger partial charge >= 0.3 is 0 Å². The Kier molecular flexibility index (Phi) is 5.39. The van der Waals surface area contributed by atoms with Crippen LogP contribution < -0.4 is 9.47 Å². The van der Waals surface area contributed by atoms with Crippen molar-refractivity contribution in [3.05, 3.63) is 41.5 Å². The number of methoxy groups -OCH3 is 2. The summed E-state index contributed by atoms with van der Waals surface area (Å²) in [6.45, 7) is 6.52. The number of imidazole rings is 1. The Morgan fingerprint density at radius 2 is 1.96 bits per heavy atom. The summed E-state index contributed by atoms with van der Waals surface area (Å²) in [6.07, 6.45) is 7.15. The number of para-hydroxylation sites is 1. The van der Waals surface area contributed by atoms with Crippen LogP contribution in [0.15, 0.2) is 24.4 Å². The van der Waals surface area contributed by atoms with E-state index in [-0.39, 0.29) is 0 Å². The summed E-state index contributed by atoms with van der Waals surface area (Å²) in [5.41, 5.74) is 2.51. The second-order valence-corrected chi connectivity index (χ2v) is 8.12. The SMILES string of the molecule is COc1cccc(CN2CCC(Cc3ncc(C)n3CC3CC3)C2)c1OC. The Morgan fingerprint density at radius 1 is 1.11 bits per heavy atom. The number of benzene rings is 1. The van der Waals surface area contributed by atoms with Crippen LogP contribution in [0.25, 0.3) is 0 Å². The van der Waals surface area contributed by atoms with Crippen molar-refractivity contribution < 1.29 is 9.47 Å². The van der Waals surface area contributed by atoms with E-state index in [1.807, 2.05) is 18.3 Å². The molecule has 1 aliphatic heterocycles. The van der Waals surface area contributed by atoms with Crippen LogP contribution in [0.1, 0.15) is 36.3 Å². The smallest absolute Gasteiger partial charge is 0.165 e. The first kappa shape index (κ1) is 18.4. The number of hydrogen-bond acceptors (Lipinski definition) is 4. The van der Waals surface area contributed by atoms with Gasteiger partial charge in [-0.15, -0.1) is 0 Å². The molecule has 5 nitrogen and oxygen atoms in total. The minimum atomic E-state index is 0.682. The number of ether oxygens (including phenoxy) is 2. The number of aromatic nitrogens is 2. The van der Waals surface area contributed by atoms with Crippen LogP contribution in [0.2, 0.25) is 0 Å². The van der Waals surface area contributed by atoms with E-state index in [9.17, 15) is 0 Å². The molecule has 2 fully saturated rings. The lowest BCUT2D eigenvalue weighted by Crippen LogP contribution is -2.21. The van der Waals surface area contributed by atoms with E-state index >= 15 is 0 Å². The van der Waals surface area contributed by atoms with Crippen molar-refractivity contribution >= 4 is 0 Å². The standard InChI is InChI=1S/C22H31N3O2/c1-16-12-23-21(25(16)14-17-7-8-17)11-18-9-10-24(13-18)15-19-5-4-6-20(26-2)22(19)27-3/h4-6,12,17-18H,7-11,13-15H2,1-3H3. The average Bonchev–Trinajstić information content (AvgIpc) is 3.30. The fourth-order valence-corrected chi connectivity index (χ4v) is 4.28. The van der Waals surface area contributed by atoms with E-state index in [0.717, 1.165) is 43.5 Å². The molecule has 1 aromatic heterocycles. The predicted octanol–water partition coefficient (Wildman–Crippen LogP) is 3.68. The highest BCUT2D eigenvalue weighted by Crippen LogP contribution is 2.34. The number of nitrogens with zero attached hydrogens (tertiary/aromatic N) is 3. The fraction of sp³-hybridized carbons (Fsp3) is 0.591. The summed E-state index contributed by atoms with van der Waals surface area (Å²) in [7, 11) is 3.41. The number of aryl methyl sites for hydroxylation is 1. The highest BCUT2D eigenvalue weighted by atomic mass is 16.5. The van der Waals surface area contributed by atoms with Crippen LogP contribution in [0, 0.1) is 18.8 Å². The monoisotopic (exact) mass is 369 g/mol. The van der Waals surface area contributed by atoms with Crippen LogP contribution in [-0.2, 0) is 19.5 Å². The largest absolute Gasteiger partial charge is 0.493 e. The zero-order chi connectivity index (χ0) is 18.8. The van der Waals surface area contributed by atoms with Crippen LogP contribution in [0.4, 0.5) is 0 Å². The number of likely N-dealkylation sites (tertiary alicyclic amines) is 1. The first-order valence-corrected chi connectivity index (χ1v) is 10.1. The second-order valence-electron chi connectivity index (χ2n) is 8.12. The molecule has 0 radical (unpaired) electrons. The van der Waals surface area contributed by atoms with Crippen molar-refractivity contribution in [3.63, 3.8) is 0 Å². The first-order valence-electron chi connectivity index (χ1n) is 10.1. The minimum Gasteiger partial charge on any atom is -0.493 e. The Bertz CT molecular complexity index is 782. The van der Waals surface area contributed by atoms with Crippen molar-refractivity contribution in [1.29, 1.82) is 0 Å². The quantitative estimate of drug-likeness (QED) is 0.712. The van der Waals surface area contributed by atoms with Crippen LogP contribution >= 0.6 is 0 Å². The molecule has 4 rings (SSSR count). The van der Waals surface area contributed by atoms with Crippen LogP contribution in [0.3, 0.4) is 0 Å². The normalized spacial score (nSPS) is 20.2. The van der Waals surface area contributed by atoms with E-state index in [1.54, 1.807) is 14.2 Å². The van der Waals surface area contributed by atoms with Crippen molar-refractivity contribution in [3.8, 4) is 11.5 Å². The predicted molar refractivity (Wildman–Crippen MR) is 106 cm³/mol. The van der Waals surface area contributed by atoms with Crippen molar-refractivity contribution in [2.75, 3.05) is 27.3 Å². The molecule has 146 valence electrons. The number of hydrogen-bond donors (Lipinski definition) is 0. The Balaban J connectivity index is 1.38. The molecule has 1 saturated carbocycles. The van der Waals surface area contributed by atoms with E-state index < -0.39 is 0 Å². The topological polar surface area (TPSA) is 39.5 Å². The summed E-state index contributed by atoms with van der Waals surface area (Å²) in [5.74, 6) is 4.52. The maximum Gasteiger partial charge on any atom is 0.165 e. The molecule has 1 saturated heterocycles. The van der Waals surface area contributed by atoms with Gasteiger partial charge in [0.05, 0.1) is 14.2 Å². The van der Waals surface area contributed by atoms with Gasteiger partial charge in [0.2, 0.25) is 0 Å². The van der Waals surface area contributed by atoms with Gasteiger partial charge in [-0.05, 0) is 50.6 Å². The van der Waals surface area contributed by atoms with Crippen LogP contribution in [-0.4, -0.2) is 41.8 Å². The van der Waals surface area contributed by atoms with Crippen LogP contribution in [0.5, 0.6) is 11.5 Å². The molecule has 0 spiro atoms. The van der Waals surface area contributed by atoms with Crippen molar-refractivity contribution in [2.45, 2.75) is 45.7 Å². The van der Waals surface area contributed by atoms with Gasteiger partial charge < -0.3 is 14.0 Å². The molecule has 1 aliphatic carbocycles. The van der Waals surface area contributed by atoms with E-state index in [4.69, 9.17) is 14.5 Å². The summed E-state index contributed by atoms with van der Waals surface area (Å²) in [5, 5.41) is 0. The molecular formula is C22H31N3O2. The lowest BCUT2D eigenvalue weighted by atomic mass is 10.0. The zero-order valence-corrected chi connectivity index (χ0v) is 16.8. The minimum absolute atomic E-state index is 0.682. The third-order valence-electron chi connectivity index (χ3n) is 6.00. The maximum absolute atomic E-state index is 5.60. The Morgan fingerprint density at radius 3 is 2.70 bits per heavy atom. The third kappa shape index (κ3) is 4.13. The van der Waals surface area contributed by atoms with Gasteiger partial charge in [-0.2, -0.15) is 0 Å². The molecular weight excluding hydrogens is 338 g/mol. The molecule has 27 heavy (non-hydrogen) atoms. The van der Waals surface area contributed by atoms with Gasteiger partial charge in [0.1, 0.15) is 5.82 Å². The summed E-state index contributed by atoms with van der Waals surface area (Å²) >= 11 is 0. The third-order valence-corrected chi connectivity index (χ3v) is 6.00. The summed E-state index contributed by atoms with van der Waals surface area (Å²) in [6, 6.07) is 6.14. The molecule has 1 unspecified atom stereocenters. The lowest BCUT2D eigenvalue weighted by molar-refractivity contribution is 0.301. The molecule has 5 heteroatoms. The lowest BCUT2D eigenvalue weighted by Gasteiger charge is -2.19. The zero-order valence-electron chi connectivity index (χ0n) is 16.8. The molecule has 0 N–H and O–H groups in total.